The molecule has 0 saturated carbocycles. The molecule has 0 bridgehead atoms. The molecular weight excluding hydrogens is 406 g/mol. The summed E-state index contributed by atoms with van der Waals surface area (Å²) in [5, 5.41) is 0.528. The number of nitrogens with one attached hydrogen (secondary N) is 1. The normalized spacial score (nSPS) is 10.8. The molecule has 0 aliphatic rings. The van der Waals surface area contributed by atoms with Crippen molar-refractivity contribution in [3.63, 3.8) is 0 Å². The Morgan fingerprint density at radius 1 is 1.06 bits per heavy atom. The first-order valence-electron chi connectivity index (χ1n) is 11.1. The van der Waals surface area contributed by atoms with Crippen molar-refractivity contribution in [3.05, 3.63) is 64.2 Å². The summed E-state index contributed by atoms with van der Waals surface area (Å²) in [7, 11) is 1.56. The minimum atomic E-state index is -0.212. The van der Waals surface area contributed by atoms with Crippen LogP contribution in [0.4, 0.5) is 0 Å². The highest BCUT2D eigenvalue weighted by molar-refractivity contribution is 5.95. The number of methoxy groups -OCH3 is 1. The highest BCUT2D eigenvalue weighted by Gasteiger charge is 2.18. The summed E-state index contributed by atoms with van der Waals surface area (Å²) in [5.74, 6) is 1.43. The van der Waals surface area contributed by atoms with E-state index in [1.165, 1.54) is 12.8 Å². The number of para-hydroxylation sites is 1. The van der Waals surface area contributed by atoms with Gasteiger partial charge in [0.05, 0.1) is 31.2 Å². The Balaban J connectivity index is 1.74. The third kappa shape index (κ3) is 5.66. The van der Waals surface area contributed by atoms with Crippen LogP contribution in [0.5, 0.6) is 11.5 Å². The molecule has 7 heteroatoms. The number of H-pyrrole nitrogens is 1. The number of benzene rings is 2. The van der Waals surface area contributed by atoms with Crippen LogP contribution in [0.3, 0.4) is 0 Å². The Morgan fingerprint density at radius 3 is 2.62 bits per heavy atom. The van der Waals surface area contributed by atoms with Gasteiger partial charge in [-0.3, -0.25) is 9.59 Å². The minimum Gasteiger partial charge on any atom is -0.493 e. The molecule has 1 N–H and O–H groups in total. The van der Waals surface area contributed by atoms with E-state index in [0.29, 0.717) is 46.9 Å². The van der Waals surface area contributed by atoms with Crippen LogP contribution in [0.25, 0.3) is 10.9 Å². The van der Waals surface area contributed by atoms with Crippen LogP contribution in [0.15, 0.2) is 47.3 Å². The largest absolute Gasteiger partial charge is 0.493 e. The molecule has 0 fully saturated rings. The monoisotopic (exact) mass is 437 g/mol. The summed E-state index contributed by atoms with van der Waals surface area (Å²) in [6.07, 6.45) is 4.48. The first-order valence-corrected chi connectivity index (χ1v) is 11.1. The lowest BCUT2D eigenvalue weighted by atomic mass is 10.1. The maximum absolute atomic E-state index is 13.2. The van der Waals surface area contributed by atoms with Gasteiger partial charge in [0.25, 0.3) is 11.5 Å². The predicted octanol–water partition coefficient (Wildman–Crippen LogP) is 4.55. The maximum atomic E-state index is 13.2. The van der Waals surface area contributed by atoms with Crippen molar-refractivity contribution in [1.82, 2.24) is 14.9 Å². The number of carbonyl (C=O) groups is 1. The van der Waals surface area contributed by atoms with E-state index in [2.05, 4.69) is 16.9 Å². The Morgan fingerprint density at radius 2 is 1.88 bits per heavy atom. The molecule has 0 aliphatic heterocycles. The molecule has 3 rings (SSSR count). The minimum absolute atomic E-state index is 0.170. The molecule has 170 valence electrons. The second-order valence-corrected chi connectivity index (χ2v) is 7.62. The molecule has 0 saturated heterocycles. The zero-order valence-corrected chi connectivity index (χ0v) is 19.0. The van der Waals surface area contributed by atoms with Crippen molar-refractivity contribution >= 4 is 16.8 Å². The van der Waals surface area contributed by atoms with E-state index < -0.39 is 0 Å². The van der Waals surface area contributed by atoms with E-state index in [0.717, 1.165) is 12.8 Å². The highest BCUT2D eigenvalue weighted by Crippen LogP contribution is 2.29. The van der Waals surface area contributed by atoms with Gasteiger partial charge < -0.3 is 19.4 Å². The van der Waals surface area contributed by atoms with Crippen LogP contribution in [-0.4, -0.2) is 41.0 Å². The number of carbonyl (C=O) groups excluding carboxylic acids is 1. The lowest BCUT2D eigenvalue weighted by molar-refractivity contribution is 0.0748. The number of hydrogen-bond donors (Lipinski definition) is 1. The molecule has 1 amide bonds. The molecule has 32 heavy (non-hydrogen) atoms. The van der Waals surface area contributed by atoms with E-state index in [9.17, 15) is 9.59 Å². The van der Waals surface area contributed by atoms with Gasteiger partial charge in [-0.1, -0.05) is 38.3 Å². The summed E-state index contributed by atoms with van der Waals surface area (Å²) >= 11 is 0. The van der Waals surface area contributed by atoms with Crippen LogP contribution < -0.4 is 15.0 Å². The lowest BCUT2D eigenvalue weighted by Crippen LogP contribution is -2.32. The smallest absolute Gasteiger partial charge is 0.258 e. The number of aromatic nitrogens is 2. The highest BCUT2D eigenvalue weighted by atomic mass is 16.5. The molecule has 2 aromatic carbocycles. The quantitative estimate of drug-likeness (QED) is 0.445. The molecule has 0 unspecified atom stereocenters. The van der Waals surface area contributed by atoms with Gasteiger partial charge in [0, 0.05) is 12.1 Å². The van der Waals surface area contributed by atoms with Crippen molar-refractivity contribution in [2.24, 2.45) is 0 Å². The molecule has 0 spiro atoms. The SMILES string of the molecule is CCCCCCOc1ccc(C(=O)N(CC)Cc2nc3ccccc3c(=O)[nH]2)cc1OC. The van der Waals surface area contributed by atoms with Gasteiger partial charge in [0.1, 0.15) is 5.82 Å². The van der Waals surface area contributed by atoms with Crippen molar-refractivity contribution in [2.45, 2.75) is 46.1 Å². The van der Waals surface area contributed by atoms with E-state index in [-0.39, 0.29) is 18.0 Å². The maximum Gasteiger partial charge on any atom is 0.258 e. The molecule has 0 aliphatic carbocycles. The molecule has 1 aromatic heterocycles. The summed E-state index contributed by atoms with van der Waals surface area (Å²) in [4.78, 5) is 34.4. The predicted molar refractivity (Wildman–Crippen MR) is 125 cm³/mol. The van der Waals surface area contributed by atoms with Gasteiger partial charge >= 0.3 is 0 Å². The second-order valence-electron chi connectivity index (χ2n) is 7.62. The number of aromatic amines is 1. The van der Waals surface area contributed by atoms with Crippen LogP contribution in [0.1, 0.15) is 55.7 Å². The van der Waals surface area contributed by atoms with Crippen LogP contribution >= 0.6 is 0 Å². The van der Waals surface area contributed by atoms with Gasteiger partial charge in [-0.2, -0.15) is 0 Å². The number of nitrogens with zero attached hydrogens (tertiary/aromatic N) is 2. The van der Waals surface area contributed by atoms with Gasteiger partial charge in [-0.05, 0) is 43.7 Å². The molecule has 0 radical (unpaired) electrons. The van der Waals surface area contributed by atoms with Crippen molar-refractivity contribution in [2.75, 3.05) is 20.3 Å². The van der Waals surface area contributed by atoms with Crippen molar-refractivity contribution in [3.8, 4) is 11.5 Å². The van der Waals surface area contributed by atoms with E-state index in [1.807, 2.05) is 13.0 Å². The number of fused-ring (bicyclic) bond motifs is 1. The van der Waals surface area contributed by atoms with Crippen LogP contribution in [-0.2, 0) is 6.54 Å². The average Bonchev–Trinajstić information content (AvgIpc) is 2.82. The average molecular weight is 438 g/mol. The molecule has 7 nitrogen and oxygen atoms in total. The molecule has 3 aromatic rings. The van der Waals surface area contributed by atoms with Gasteiger partial charge in [0.15, 0.2) is 11.5 Å². The zero-order chi connectivity index (χ0) is 22.9. The summed E-state index contributed by atoms with van der Waals surface area (Å²) in [6, 6.07) is 12.4. The third-order valence-electron chi connectivity index (χ3n) is 5.34. The lowest BCUT2D eigenvalue weighted by Gasteiger charge is -2.21. The Labute approximate surface area is 188 Å². The second kappa shape index (κ2) is 11.3. The molecular formula is C25H31N3O4. The van der Waals surface area contributed by atoms with Gasteiger partial charge in [-0.25, -0.2) is 4.98 Å². The van der Waals surface area contributed by atoms with E-state index >= 15 is 0 Å². The fourth-order valence-electron chi connectivity index (χ4n) is 3.53. The Hall–Kier alpha value is -3.35. The zero-order valence-electron chi connectivity index (χ0n) is 19.0. The third-order valence-corrected chi connectivity index (χ3v) is 5.34. The number of ether oxygens (including phenoxy) is 2. The number of rotatable bonds is 11. The molecule has 0 atom stereocenters. The van der Waals surface area contributed by atoms with Crippen LogP contribution in [0.2, 0.25) is 0 Å². The standard InChI is InChI=1S/C25H31N3O4/c1-4-6-7-10-15-32-21-14-13-18(16-22(21)31-3)25(30)28(5-2)17-23-26-20-12-9-8-11-19(20)24(29)27-23/h8-9,11-14,16H,4-7,10,15,17H2,1-3H3,(H,26,27,29). The Bertz CT molecular complexity index is 1110. The summed E-state index contributed by atoms with van der Waals surface area (Å²) in [5.41, 5.74) is 0.887. The van der Waals surface area contributed by atoms with Gasteiger partial charge in [0.2, 0.25) is 0 Å². The topological polar surface area (TPSA) is 84.5 Å². The number of hydrogen-bond acceptors (Lipinski definition) is 5. The first-order chi connectivity index (χ1) is 15.6. The van der Waals surface area contributed by atoms with E-state index in [4.69, 9.17) is 9.47 Å². The van der Waals surface area contributed by atoms with Gasteiger partial charge in [-0.15, -0.1) is 0 Å². The van der Waals surface area contributed by atoms with E-state index in [1.54, 1.807) is 48.4 Å². The fraction of sp³-hybridized carbons (Fsp3) is 0.400. The Kier molecular flexibility index (Phi) is 8.25. The number of unbranched alkanes of at least 4 members (excludes halogenated alkanes) is 3. The summed E-state index contributed by atoms with van der Waals surface area (Å²) in [6.45, 7) is 5.35. The number of amides is 1. The van der Waals surface area contributed by atoms with Crippen molar-refractivity contribution in [1.29, 1.82) is 0 Å². The summed E-state index contributed by atoms with van der Waals surface area (Å²) < 4.78 is 11.3. The van der Waals surface area contributed by atoms with Crippen molar-refractivity contribution < 1.29 is 14.3 Å². The fourth-order valence-corrected chi connectivity index (χ4v) is 3.53. The first kappa shape index (κ1) is 23.3. The molecule has 1 heterocycles. The van der Waals surface area contributed by atoms with Crippen LogP contribution in [0, 0.1) is 0 Å².